The molecule has 0 saturated carbocycles. The highest BCUT2D eigenvalue weighted by atomic mass is 19.1. The van der Waals surface area contributed by atoms with E-state index in [-0.39, 0.29) is 23.1 Å². The smallest absolute Gasteiger partial charge is 0.342 e. The van der Waals surface area contributed by atoms with Gasteiger partial charge in [0.2, 0.25) is 0 Å². The Morgan fingerprint density at radius 3 is 2.21 bits per heavy atom. The number of ether oxygens (including phenoxy) is 1. The Hall–Kier alpha value is -2.89. The molecule has 0 fully saturated rings. The van der Waals surface area contributed by atoms with Crippen LogP contribution in [0.2, 0.25) is 0 Å². The van der Waals surface area contributed by atoms with Crippen molar-refractivity contribution >= 4 is 17.6 Å². The molecule has 0 unspecified atom stereocenters. The summed E-state index contributed by atoms with van der Waals surface area (Å²) in [6, 6.07) is 9.01. The summed E-state index contributed by atoms with van der Waals surface area (Å²) in [4.78, 5) is 26.5. The molecule has 0 bridgehead atoms. The van der Waals surface area contributed by atoms with E-state index in [0.29, 0.717) is 17.8 Å². The number of rotatable bonds is 7. The van der Waals surface area contributed by atoms with Gasteiger partial charge in [-0.15, -0.1) is 0 Å². The number of halogens is 1. The van der Waals surface area contributed by atoms with Crippen molar-refractivity contribution in [3.8, 4) is 5.75 Å². The van der Waals surface area contributed by atoms with Crippen molar-refractivity contribution in [1.82, 2.24) is 0 Å². The lowest BCUT2D eigenvalue weighted by molar-refractivity contribution is -0.121. The maximum absolute atomic E-state index is 13.1. The van der Waals surface area contributed by atoms with Crippen LogP contribution in [0, 0.1) is 5.82 Å². The van der Waals surface area contributed by atoms with Gasteiger partial charge >= 0.3 is 5.97 Å². The summed E-state index contributed by atoms with van der Waals surface area (Å²) in [6.45, 7) is 9.49. The zero-order valence-corrected chi connectivity index (χ0v) is 17.5. The van der Waals surface area contributed by atoms with Crippen molar-refractivity contribution in [3.63, 3.8) is 0 Å². The molecule has 0 aliphatic heterocycles. The first kappa shape index (κ1) is 22.4. The van der Waals surface area contributed by atoms with Crippen LogP contribution in [-0.4, -0.2) is 30.1 Å². The molecule has 0 heterocycles. The summed E-state index contributed by atoms with van der Waals surface area (Å²) in [5.41, 5.74) is 2.14. The first-order valence-corrected chi connectivity index (χ1v) is 9.75. The second-order valence-corrected chi connectivity index (χ2v) is 7.51. The van der Waals surface area contributed by atoms with E-state index in [1.54, 1.807) is 13.0 Å². The summed E-state index contributed by atoms with van der Waals surface area (Å²) in [5, 5.41) is 10.5. The van der Waals surface area contributed by atoms with Crippen molar-refractivity contribution in [3.05, 3.63) is 58.9 Å². The molecule has 0 aliphatic rings. The molecule has 0 radical (unpaired) electrons. The van der Waals surface area contributed by atoms with Gasteiger partial charge in [0, 0.05) is 12.2 Å². The van der Waals surface area contributed by atoms with Gasteiger partial charge in [0.15, 0.2) is 6.61 Å². The molecule has 2 aromatic rings. The van der Waals surface area contributed by atoms with Gasteiger partial charge in [0.05, 0.1) is 0 Å². The van der Waals surface area contributed by atoms with Crippen LogP contribution in [-0.2, 0) is 9.53 Å². The highest BCUT2D eigenvalue weighted by Crippen LogP contribution is 2.33. The Bertz CT molecular complexity index is 875. The molecule has 29 heavy (non-hydrogen) atoms. The Labute approximate surface area is 171 Å². The molecule has 0 aliphatic carbocycles. The summed E-state index contributed by atoms with van der Waals surface area (Å²) in [6.07, 6.45) is 0. The molecule has 6 heteroatoms. The predicted octanol–water partition coefficient (Wildman–Crippen LogP) is 4.99. The van der Waals surface area contributed by atoms with E-state index in [4.69, 9.17) is 4.74 Å². The molecule has 0 atom stereocenters. The number of amides is 1. The van der Waals surface area contributed by atoms with Crippen LogP contribution < -0.4 is 4.90 Å². The van der Waals surface area contributed by atoms with Crippen LogP contribution >= 0.6 is 0 Å². The fraction of sp³-hybridized carbons (Fsp3) is 0.391. The van der Waals surface area contributed by atoms with Crippen LogP contribution in [0.4, 0.5) is 10.1 Å². The number of hydrogen-bond donors (Lipinski definition) is 1. The molecule has 5 nitrogen and oxygen atoms in total. The van der Waals surface area contributed by atoms with Crippen LogP contribution in [0.3, 0.4) is 0 Å². The molecular formula is C23H28FNO4. The number of hydrogen-bond acceptors (Lipinski definition) is 4. The standard InChI is InChI=1S/C23H28FNO4/c1-6-25(18-9-7-17(24)8-10-18)21(26)13-29-23(28)20-12-16(14(2)3)11-19(15(4)5)22(20)27/h7-12,14-15,27H,6,13H2,1-5H3. The van der Waals surface area contributed by atoms with Gasteiger partial charge in [0.1, 0.15) is 17.1 Å². The summed E-state index contributed by atoms with van der Waals surface area (Å²) in [5.74, 6) is -1.52. The quantitative estimate of drug-likeness (QED) is 0.664. The number of carbonyl (C=O) groups is 2. The van der Waals surface area contributed by atoms with Gasteiger partial charge < -0.3 is 14.7 Å². The van der Waals surface area contributed by atoms with E-state index in [2.05, 4.69) is 0 Å². The Morgan fingerprint density at radius 2 is 1.69 bits per heavy atom. The van der Waals surface area contributed by atoms with Gasteiger partial charge in [-0.1, -0.05) is 33.8 Å². The minimum Gasteiger partial charge on any atom is -0.507 e. The summed E-state index contributed by atoms with van der Waals surface area (Å²) < 4.78 is 18.3. The van der Waals surface area contributed by atoms with Crippen molar-refractivity contribution in [2.24, 2.45) is 0 Å². The number of likely N-dealkylation sites (N-methyl/N-ethyl adjacent to an activating group) is 1. The van der Waals surface area contributed by atoms with Crippen molar-refractivity contribution in [1.29, 1.82) is 0 Å². The third-order valence-electron chi connectivity index (χ3n) is 4.75. The molecule has 1 N–H and O–H groups in total. The Kier molecular flexibility index (Phi) is 7.37. The van der Waals surface area contributed by atoms with E-state index in [0.717, 1.165) is 5.56 Å². The highest BCUT2D eigenvalue weighted by Gasteiger charge is 2.22. The third kappa shape index (κ3) is 5.34. The molecule has 2 rings (SSSR count). The van der Waals surface area contributed by atoms with Crippen LogP contribution in [0.1, 0.15) is 67.9 Å². The largest absolute Gasteiger partial charge is 0.507 e. The minimum absolute atomic E-state index is 0.0240. The molecule has 1 amide bonds. The van der Waals surface area contributed by atoms with Crippen molar-refractivity contribution in [2.45, 2.75) is 46.5 Å². The average Bonchev–Trinajstić information content (AvgIpc) is 2.67. The highest BCUT2D eigenvalue weighted by molar-refractivity contribution is 5.98. The Morgan fingerprint density at radius 1 is 1.07 bits per heavy atom. The normalized spacial score (nSPS) is 11.0. The predicted molar refractivity (Wildman–Crippen MR) is 111 cm³/mol. The topological polar surface area (TPSA) is 66.8 Å². The van der Waals surface area contributed by atoms with E-state index in [9.17, 15) is 19.1 Å². The number of aromatic hydroxyl groups is 1. The number of phenolic OH excluding ortho intramolecular Hbond substituents is 1. The number of anilines is 1. The maximum Gasteiger partial charge on any atom is 0.342 e. The number of carbonyl (C=O) groups excluding carboxylic acids is 2. The second-order valence-electron chi connectivity index (χ2n) is 7.51. The van der Waals surface area contributed by atoms with E-state index < -0.39 is 24.3 Å². The SMILES string of the molecule is CCN(C(=O)COC(=O)c1cc(C(C)C)cc(C(C)C)c1O)c1ccc(F)cc1. The van der Waals surface area contributed by atoms with Crippen molar-refractivity contribution < 1.29 is 23.8 Å². The molecule has 0 aromatic heterocycles. The zero-order valence-electron chi connectivity index (χ0n) is 17.5. The number of phenols is 1. The van der Waals surface area contributed by atoms with Gasteiger partial charge in [-0.3, -0.25) is 4.79 Å². The molecule has 0 saturated heterocycles. The van der Waals surface area contributed by atoms with E-state index >= 15 is 0 Å². The number of benzene rings is 2. The lowest BCUT2D eigenvalue weighted by Crippen LogP contribution is -2.34. The maximum atomic E-state index is 13.1. The fourth-order valence-electron chi connectivity index (χ4n) is 3.02. The molecular weight excluding hydrogens is 373 g/mol. The van der Waals surface area contributed by atoms with Crippen LogP contribution in [0.15, 0.2) is 36.4 Å². The van der Waals surface area contributed by atoms with Gasteiger partial charge in [0.25, 0.3) is 5.91 Å². The monoisotopic (exact) mass is 401 g/mol. The zero-order chi connectivity index (χ0) is 21.7. The van der Waals surface area contributed by atoms with Crippen molar-refractivity contribution in [2.75, 3.05) is 18.1 Å². The van der Waals surface area contributed by atoms with Gasteiger partial charge in [-0.2, -0.15) is 0 Å². The Balaban J connectivity index is 2.19. The molecule has 156 valence electrons. The average molecular weight is 401 g/mol. The first-order valence-electron chi connectivity index (χ1n) is 9.75. The minimum atomic E-state index is -0.754. The molecule has 2 aromatic carbocycles. The van der Waals surface area contributed by atoms with Crippen LogP contribution in [0.5, 0.6) is 5.75 Å². The van der Waals surface area contributed by atoms with Gasteiger partial charge in [-0.25, -0.2) is 9.18 Å². The summed E-state index contributed by atoms with van der Waals surface area (Å²) in [7, 11) is 0. The fourth-order valence-corrected chi connectivity index (χ4v) is 3.02. The van der Waals surface area contributed by atoms with E-state index in [1.165, 1.54) is 29.2 Å². The first-order chi connectivity index (χ1) is 13.6. The lowest BCUT2D eigenvalue weighted by Gasteiger charge is -2.21. The number of nitrogens with zero attached hydrogens (tertiary/aromatic N) is 1. The third-order valence-corrected chi connectivity index (χ3v) is 4.75. The summed E-state index contributed by atoms with van der Waals surface area (Å²) >= 11 is 0. The lowest BCUT2D eigenvalue weighted by atomic mass is 9.92. The van der Waals surface area contributed by atoms with Gasteiger partial charge in [-0.05, 0) is 60.2 Å². The second kappa shape index (κ2) is 9.54. The van der Waals surface area contributed by atoms with Crippen LogP contribution in [0.25, 0.3) is 0 Å². The molecule has 0 spiro atoms. The number of esters is 1. The van der Waals surface area contributed by atoms with E-state index in [1.807, 2.05) is 33.8 Å².